The Bertz CT molecular complexity index is 442. The quantitative estimate of drug-likeness (QED) is 0.802. The van der Waals surface area contributed by atoms with Gasteiger partial charge < -0.3 is 0 Å². The molecule has 0 N–H and O–H groups in total. The maximum atomic E-state index is 4.56. The molecule has 4 aliphatic carbocycles. The van der Waals surface area contributed by atoms with Crippen molar-refractivity contribution in [1.29, 1.82) is 0 Å². The summed E-state index contributed by atoms with van der Waals surface area (Å²) in [5.41, 5.74) is 1.89. The molecule has 0 amide bonds. The van der Waals surface area contributed by atoms with E-state index in [-0.39, 0.29) is 0 Å². The third-order valence-corrected chi connectivity index (χ3v) is 6.47. The molecule has 4 bridgehead atoms. The van der Waals surface area contributed by atoms with E-state index in [1.54, 1.807) is 0 Å². The van der Waals surface area contributed by atoms with Crippen LogP contribution in [0.4, 0.5) is 0 Å². The average molecular weight is 309 g/mol. The number of hydrogen-bond donors (Lipinski definition) is 0. The Morgan fingerprint density at radius 3 is 2.22 bits per heavy atom. The van der Waals surface area contributed by atoms with Crippen molar-refractivity contribution in [2.45, 2.75) is 52.0 Å². The van der Waals surface area contributed by atoms with Crippen molar-refractivity contribution in [2.75, 3.05) is 0 Å². The van der Waals surface area contributed by atoms with Crippen LogP contribution in [0.3, 0.4) is 0 Å². The second kappa shape index (κ2) is 3.84. The fourth-order valence-electron chi connectivity index (χ4n) is 5.38. The van der Waals surface area contributed by atoms with Gasteiger partial charge in [-0.2, -0.15) is 5.10 Å². The number of aromatic nitrogens is 2. The van der Waals surface area contributed by atoms with Gasteiger partial charge in [-0.15, -0.1) is 0 Å². The van der Waals surface area contributed by atoms with E-state index in [9.17, 15) is 0 Å². The van der Waals surface area contributed by atoms with Crippen molar-refractivity contribution >= 4 is 15.9 Å². The van der Waals surface area contributed by atoms with Gasteiger partial charge in [-0.25, -0.2) is 0 Å². The molecule has 3 heteroatoms. The molecule has 4 aliphatic rings. The number of hydrogen-bond acceptors (Lipinski definition) is 1. The maximum absolute atomic E-state index is 4.56. The summed E-state index contributed by atoms with van der Waals surface area (Å²) in [7, 11) is 0. The number of rotatable bonds is 2. The van der Waals surface area contributed by atoms with Crippen LogP contribution in [0.2, 0.25) is 0 Å². The third kappa shape index (κ3) is 1.70. The average Bonchev–Trinajstić information content (AvgIpc) is 2.58. The van der Waals surface area contributed by atoms with Gasteiger partial charge in [0.1, 0.15) is 0 Å². The van der Waals surface area contributed by atoms with Gasteiger partial charge >= 0.3 is 0 Å². The summed E-state index contributed by atoms with van der Waals surface area (Å²) in [6.07, 6.45) is 10.9. The molecule has 18 heavy (non-hydrogen) atoms. The zero-order valence-electron chi connectivity index (χ0n) is 11.0. The number of nitrogens with zero attached hydrogens (tertiary/aromatic N) is 2. The summed E-state index contributed by atoms with van der Waals surface area (Å²) in [6, 6.07) is 0. The minimum absolute atomic E-state index is 0.588. The molecule has 4 fully saturated rings. The largest absolute Gasteiger partial charge is 0.268 e. The van der Waals surface area contributed by atoms with E-state index in [0.29, 0.717) is 5.41 Å². The van der Waals surface area contributed by atoms with Crippen molar-refractivity contribution in [3.63, 3.8) is 0 Å². The molecule has 0 saturated heterocycles. The van der Waals surface area contributed by atoms with Gasteiger partial charge in [0.25, 0.3) is 0 Å². The highest BCUT2D eigenvalue weighted by atomic mass is 79.9. The first-order valence-corrected chi connectivity index (χ1v) is 8.11. The van der Waals surface area contributed by atoms with Crippen molar-refractivity contribution in [3.05, 3.63) is 16.4 Å². The maximum Gasteiger partial charge on any atom is 0.0635 e. The Kier molecular flexibility index (Phi) is 2.46. The molecule has 98 valence electrons. The van der Waals surface area contributed by atoms with Crippen LogP contribution in [0, 0.1) is 30.1 Å². The van der Waals surface area contributed by atoms with E-state index in [1.165, 1.54) is 44.2 Å². The molecule has 1 aromatic rings. The minimum Gasteiger partial charge on any atom is -0.268 e. The smallest absolute Gasteiger partial charge is 0.0635 e. The van der Waals surface area contributed by atoms with Crippen LogP contribution in [-0.2, 0) is 6.54 Å². The first-order chi connectivity index (χ1) is 8.63. The van der Waals surface area contributed by atoms with Crippen LogP contribution < -0.4 is 0 Å². The molecule has 5 rings (SSSR count). The van der Waals surface area contributed by atoms with Crippen LogP contribution in [0.25, 0.3) is 0 Å². The minimum atomic E-state index is 0.588. The Hall–Kier alpha value is -0.310. The zero-order chi connectivity index (χ0) is 12.3. The standard InChI is InChI=1S/C15H21BrN2/c1-10-14(16)8-17-18(10)9-15-5-11-2-12(6-15)4-13(3-11)7-15/h8,11-13H,2-7,9H2,1H3. The van der Waals surface area contributed by atoms with Gasteiger partial charge in [-0.05, 0) is 84.5 Å². The molecule has 2 nitrogen and oxygen atoms in total. The van der Waals surface area contributed by atoms with Crippen LogP contribution in [-0.4, -0.2) is 9.78 Å². The first-order valence-electron chi connectivity index (χ1n) is 7.31. The van der Waals surface area contributed by atoms with E-state index in [4.69, 9.17) is 0 Å². The fraction of sp³-hybridized carbons (Fsp3) is 0.800. The van der Waals surface area contributed by atoms with Gasteiger partial charge in [0.15, 0.2) is 0 Å². The molecule has 0 aromatic carbocycles. The molecule has 0 spiro atoms. The van der Waals surface area contributed by atoms with Crippen molar-refractivity contribution in [1.82, 2.24) is 9.78 Å². The summed E-state index contributed by atoms with van der Waals surface area (Å²) in [4.78, 5) is 0. The van der Waals surface area contributed by atoms with Crippen molar-refractivity contribution in [2.24, 2.45) is 23.2 Å². The Balaban J connectivity index is 1.62. The van der Waals surface area contributed by atoms with Crippen molar-refractivity contribution < 1.29 is 0 Å². The van der Waals surface area contributed by atoms with Crippen molar-refractivity contribution in [3.8, 4) is 0 Å². The lowest BCUT2D eigenvalue weighted by molar-refractivity contribution is -0.0638. The molecule has 1 aromatic heterocycles. The predicted octanol–water partition coefficient (Wildman–Crippen LogP) is 4.17. The summed E-state index contributed by atoms with van der Waals surface area (Å²) in [5.74, 6) is 3.11. The molecule has 4 saturated carbocycles. The molecule has 0 aliphatic heterocycles. The highest BCUT2D eigenvalue weighted by Gasteiger charge is 2.51. The molecular weight excluding hydrogens is 288 g/mol. The van der Waals surface area contributed by atoms with Gasteiger partial charge in [0.2, 0.25) is 0 Å². The second-order valence-electron chi connectivity index (χ2n) is 7.15. The molecule has 0 atom stereocenters. The van der Waals surface area contributed by atoms with E-state index >= 15 is 0 Å². The number of halogens is 1. The van der Waals surface area contributed by atoms with E-state index in [1.807, 2.05) is 6.20 Å². The lowest BCUT2D eigenvalue weighted by Gasteiger charge is -2.56. The van der Waals surface area contributed by atoms with Gasteiger partial charge in [0.05, 0.1) is 10.7 Å². The van der Waals surface area contributed by atoms with Crippen LogP contribution in [0.15, 0.2) is 10.7 Å². The zero-order valence-corrected chi connectivity index (χ0v) is 12.6. The van der Waals surface area contributed by atoms with Crippen LogP contribution in [0.1, 0.15) is 44.2 Å². The molecule has 0 unspecified atom stereocenters. The Morgan fingerprint density at radius 1 is 1.22 bits per heavy atom. The lowest BCUT2D eigenvalue weighted by atomic mass is 9.49. The van der Waals surface area contributed by atoms with Crippen LogP contribution in [0.5, 0.6) is 0 Å². The Labute approximate surface area is 117 Å². The predicted molar refractivity (Wildman–Crippen MR) is 75.3 cm³/mol. The van der Waals surface area contributed by atoms with E-state index < -0.39 is 0 Å². The highest BCUT2D eigenvalue weighted by molar-refractivity contribution is 9.10. The molecule has 0 radical (unpaired) electrons. The fourth-order valence-corrected chi connectivity index (χ4v) is 5.68. The summed E-state index contributed by atoms with van der Waals surface area (Å²) >= 11 is 3.58. The monoisotopic (exact) mass is 308 g/mol. The third-order valence-electron chi connectivity index (χ3n) is 5.69. The van der Waals surface area contributed by atoms with E-state index in [2.05, 4.69) is 32.6 Å². The Morgan fingerprint density at radius 2 is 1.78 bits per heavy atom. The molecule has 1 heterocycles. The van der Waals surface area contributed by atoms with Gasteiger partial charge in [0, 0.05) is 12.2 Å². The van der Waals surface area contributed by atoms with Gasteiger partial charge in [-0.1, -0.05) is 0 Å². The van der Waals surface area contributed by atoms with E-state index in [0.717, 1.165) is 28.8 Å². The second-order valence-corrected chi connectivity index (χ2v) is 8.01. The summed E-state index contributed by atoms with van der Waals surface area (Å²) in [6.45, 7) is 3.34. The van der Waals surface area contributed by atoms with Gasteiger partial charge in [-0.3, -0.25) is 4.68 Å². The van der Waals surface area contributed by atoms with Crippen LogP contribution >= 0.6 is 15.9 Å². The molecular formula is C15H21BrN2. The summed E-state index contributed by atoms with van der Waals surface area (Å²) < 4.78 is 3.41. The highest BCUT2D eigenvalue weighted by Crippen LogP contribution is 2.60. The SMILES string of the molecule is Cc1c(Br)cnn1CC12CC3CC(CC(C3)C1)C2. The first kappa shape index (κ1) is 11.5. The normalized spacial score (nSPS) is 41.6. The summed E-state index contributed by atoms with van der Waals surface area (Å²) in [5, 5.41) is 4.56. The lowest BCUT2D eigenvalue weighted by Crippen LogP contribution is -2.48. The topological polar surface area (TPSA) is 17.8 Å².